The summed E-state index contributed by atoms with van der Waals surface area (Å²) in [7, 11) is -3.28. The lowest BCUT2D eigenvalue weighted by Gasteiger charge is -2.04. The highest BCUT2D eigenvalue weighted by molar-refractivity contribution is 7.90. The molecule has 0 aliphatic carbocycles. The Morgan fingerprint density at radius 3 is 2.32 bits per heavy atom. The van der Waals surface area contributed by atoms with Crippen LogP contribution in [0.1, 0.15) is 0 Å². The van der Waals surface area contributed by atoms with Crippen molar-refractivity contribution in [3.8, 4) is 11.3 Å². The van der Waals surface area contributed by atoms with Crippen molar-refractivity contribution in [1.82, 2.24) is 0 Å². The van der Waals surface area contributed by atoms with Crippen LogP contribution in [0.15, 0.2) is 62.6 Å². The van der Waals surface area contributed by atoms with Crippen molar-refractivity contribution in [3.63, 3.8) is 0 Å². The van der Waals surface area contributed by atoms with Crippen LogP contribution in [-0.4, -0.2) is 14.7 Å². The summed E-state index contributed by atoms with van der Waals surface area (Å²) in [6.07, 6.45) is 1.12. The van der Waals surface area contributed by atoms with Crippen molar-refractivity contribution in [2.75, 3.05) is 6.26 Å². The molecule has 0 saturated heterocycles. The minimum Gasteiger partial charge on any atom is -0.456 e. The van der Waals surface area contributed by atoms with Crippen LogP contribution in [0.4, 0.5) is 4.39 Å². The van der Waals surface area contributed by atoms with Gasteiger partial charge >= 0.3 is 0 Å². The number of sulfone groups is 1. The van der Waals surface area contributed by atoms with Gasteiger partial charge in [-0.3, -0.25) is 4.79 Å². The summed E-state index contributed by atoms with van der Waals surface area (Å²) in [6, 6.07) is 11.0. The molecule has 3 rings (SSSR count). The molecule has 0 spiro atoms. The first-order chi connectivity index (χ1) is 10.3. The minimum atomic E-state index is -3.28. The molecule has 0 aliphatic heterocycles. The molecule has 0 aliphatic rings. The fourth-order valence-corrected chi connectivity index (χ4v) is 2.77. The van der Waals surface area contributed by atoms with Crippen molar-refractivity contribution in [2.45, 2.75) is 4.90 Å². The molecule has 0 fully saturated rings. The molecule has 0 radical (unpaired) electrons. The lowest BCUT2D eigenvalue weighted by atomic mass is 10.1. The van der Waals surface area contributed by atoms with Crippen molar-refractivity contribution in [2.24, 2.45) is 0 Å². The fourth-order valence-electron chi connectivity index (χ4n) is 2.14. The van der Waals surface area contributed by atoms with Crippen LogP contribution in [0.25, 0.3) is 22.3 Å². The Kier molecular flexibility index (Phi) is 3.33. The number of benzene rings is 2. The third-order valence-corrected chi connectivity index (χ3v) is 4.38. The van der Waals surface area contributed by atoms with Gasteiger partial charge in [0.25, 0.3) is 0 Å². The van der Waals surface area contributed by atoms with Gasteiger partial charge in [0.1, 0.15) is 17.2 Å². The number of halogens is 1. The smallest absolute Gasteiger partial charge is 0.193 e. The molecule has 0 bridgehead atoms. The Balaban J connectivity index is 2.14. The second kappa shape index (κ2) is 5.06. The van der Waals surface area contributed by atoms with E-state index in [0.717, 1.165) is 12.3 Å². The largest absolute Gasteiger partial charge is 0.456 e. The standard InChI is InChI=1S/C16H11FO4S/c1-22(19,20)12-5-2-10(3-6-12)16-9-14(18)13-8-11(17)4-7-15(13)21-16/h2-9H,1H3. The third kappa shape index (κ3) is 2.65. The van der Waals surface area contributed by atoms with Gasteiger partial charge in [0.2, 0.25) is 0 Å². The quantitative estimate of drug-likeness (QED) is 0.728. The first-order valence-electron chi connectivity index (χ1n) is 6.38. The summed E-state index contributed by atoms with van der Waals surface area (Å²) in [5.41, 5.74) is 0.481. The molecule has 0 amide bonds. The molecule has 0 N–H and O–H groups in total. The molecular weight excluding hydrogens is 307 g/mol. The van der Waals surface area contributed by atoms with E-state index in [0.29, 0.717) is 11.3 Å². The molecule has 1 aromatic heterocycles. The van der Waals surface area contributed by atoms with Crippen LogP contribution in [0.3, 0.4) is 0 Å². The minimum absolute atomic E-state index is 0.163. The van der Waals surface area contributed by atoms with Crippen LogP contribution < -0.4 is 5.43 Å². The van der Waals surface area contributed by atoms with E-state index in [1.165, 1.54) is 30.3 Å². The zero-order valence-corrected chi connectivity index (χ0v) is 12.4. The highest BCUT2D eigenvalue weighted by atomic mass is 32.2. The monoisotopic (exact) mass is 318 g/mol. The molecular formula is C16H11FO4S. The second-order valence-corrected chi connectivity index (χ2v) is 6.93. The van der Waals surface area contributed by atoms with Crippen LogP contribution in [0, 0.1) is 5.82 Å². The maximum absolute atomic E-state index is 13.2. The first kappa shape index (κ1) is 14.5. The summed E-state index contributed by atoms with van der Waals surface area (Å²) >= 11 is 0. The normalized spacial score (nSPS) is 11.7. The van der Waals surface area contributed by atoms with E-state index in [9.17, 15) is 17.6 Å². The zero-order chi connectivity index (χ0) is 15.9. The Labute approximate surface area is 125 Å². The van der Waals surface area contributed by atoms with E-state index < -0.39 is 15.7 Å². The Morgan fingerprint density at radius 2 is 1.68 bits per heavy atom. The lowest BCUT2D eigenvalue weighted by Crippen LogP contribution is -2.01. The van der Waals surface area contributed by atoms with Gasteiger partial charge in [0.15, 0.2) is 15.3 Å². The number of rotatable bonds is 2. The summed E-state index contributed by atoms with van der Waals surface area (Å²) in [6.45, 7) is 0. The number of fused-ring (bicyclic) bond motifs is 1. The zero-order valence-electron chi connectivity index (χ0n) is 11.5. The Hall–Kier alpha value is -2.47. The van der Waals surface area contributed by atoms with Crippen molar-refractivity contribution < 1.29 is 17.2 Å². The average molecular weight is 318 g/mol. The number of hydrogen-bond acceptors (Lipinski definition) is 4. The average Bonchev–Trinajstić information content (AvgIpc) is 2.47. The maximum atomic E-state index is 13.2. The molecule has 0 atom stereocenters. The van der Waals surface area contributed by atoms with Gasteiger partial charge in [-0.2, -0.15) is 0 Å². The maximum Gasteiger partial charge on any atom is 0.193 e. The third-order valence-electron chi connectivity index (χ3n) is 3.26. The lowest BCUT2D eigenvalue weighted by molar-refractivity contribution is 0.601. The first-order valence-corrected chi connectivity index (χ1v) is 8.28. The van der Waals surface area contributed by atoms with E-state index >= 15 is 0 Å². The molecule has 112 valence electrons. The van der Waals surface area contributed by atoms with E-state index in [4.69, 9.17) is 4.42 Å². The van der Waals surface area contributed by atoms with E-state index in [1.54, 1.807) is 12.1 Å². The highest BCUT2D eigenvalue weighted by Gasteiger charge is 2.10. The van der Waals surface area contributed by atoms with Gasteiger partial charge in [-0.05, 0) is 42.5 Å². The predicted octanol–water partition coefficient (Wildman–Crippen LogP) is 3.00. The van der Waals surface area contributed by atoms with Gasteiger partial charge in [0, 0.05) is 17.9 Å². The second-order valence-electron chi connectivity index (χ2n) is 4.91. The predicted molar refractivity (Wildman–Crippen MR) is 81.0 cm³/mol. The van der Waals surface area contributed by atoms with Gasteiger partial charge < -0.3 is 4.42 Å². The number of hydrogen-bond donors (Lipinski definition) is 0. The van der Waals surface area contributed by atoms with Crippen molar-refractivity contribution in [3.05, 3.63) is 64.6 Å². The molecule has 6 heteroatoms. The highest BCUT2D eigenvalue weighted by Crippen LogP contribution is 2.23. The molecule has 0 saturated carbocycles. The van der Waals surface area contributed by atoms with Crippen LogP contribution >= 0.6 is 0 Å². The molecule has 2 aromatic carbocycles. The van der Waals surface area contributed by atoms with Gasteiger partial charge in [-0.1, -0.05) is 0 Å². The summed E-state index contributed by atoms with van der Waals surface area (Å²) < 4.78 is 41.6. The summed E-state index contributed by atoms with van der Waals surface area (Å²) in [5, 5.41) is 0.163. The SMILES string of the molecule is CS(=O)(=O)c1ccc(-c2cc(=O)c3cc(F)ccc3o2)cc1. The molecule has 22 heavy (non-hydrogen) atoms. The molecule has 1 heterocycles. The Bertz CT molecular complexity index is 1020. The van der Waals surface area contributed by atoms with Crippen LogP contribution in [-0.2, 0) is 9.84 Å². The fraction of sp³-hybridized carbons (Fsp3) is 0.0625. The molecule has 4 nitrogen and oxygen atoms in total. The van der Waals surface area contributed by atoms with E-state index in [1.807, 2.05) is 0 Å². The summed E-state index contributed by atoms with van der Waals surface area (Å²) in [4.78, 5) is 12.2. The van der Waals surface area contributed by atoms with Crippen molar-refractivity contribution >= 4 is 20.8 Å². The van der Waals surface area contributed by atoms with Gasteiger partial charge in [-0.25, -0.2) is 12.8 Å². The van der Waals surface area contributed by atoms with Gasteiger partial charge in [-0.15, -0.1) is 0 Å². The van der Waals surface area contributed by atoms with Crippen LogP contribution in [0.5, 0.6) is 0 Å². The van der Waals surface area contributed by atoms with Crippen molar-refractivity contribution in [1.29, 1.82) is 0 Å². The van der Waals surface area contributed by atoms with E-state index in [-0.39, 0.29) is 21.3 Å². The van der Waals surface area contributed by atoms with E-state index in [2.05, 4.69) is 0 Å². The summed E-state index contributed by atoms with van der Waals surface area (Å²) in [5.74, 6) is -0.214. The van der Waals surface area contributed by atoms with Gasteiger partial charge in [0.05, 0.1) is 10.3 Å². The van der Waals surface area contributed by atoms with Crippen LogP contribution in [0.2, 0.25) is 0 Å². The molecule has 0 unspecified atom stereocenters. The molecule has 3 aromatic rings. The topological polar surface area (TPSA) is 64.3 Å². The Morgan fingerprint density at radius 1 is 1.00 bits per heavy atom.